The van der Waals surface area contributed by atoms with Gasteiger partial charge in [-0.15, -0.1) is 11.3 Å². The second-order valence-electron chi connectivity index (χ2n) is 4.96. The van der Waals surface area contributed by atoms with E-state index in [1.165, 1.54) is 15.8 Å². The lowest BCUT2D eigenvalue weighted by Crippen LogP contribution is -2.43. The molecule has 118 valence electrons. The number of carbonyl (C=O) groups is 1. The molecule has 1 aliphatic heterocycles. The van der Waals surface area contributed by atoms with Gasteiger partial charge in [-0.3, -0.25) is 0 Å². The number of sulfonamides is 1. The molecule has 2 heterocycles. The van der Waals surface area contributed by atoms with Crippen LogP contribution >= 0.6 is 11.3 Å². The van der Waals surface area contributed by atoms with Crippen LogP contribution in [0.2, 0.25) is 0 Å². The monoisotopic (exact) mass is 333 g/mol. The molecule has 2 rings (SSSR count). The first kappa shape index (κ1) is 16.4. The number of rotatable bonds is 6. The molecule has 1 aliphatic rings. The van der Waals surface area contributed by atoms with Gasteiger partial charge in [0.2, 0.25) is 0 Å². The van der Waals surface area contributed by atoms with Crippen LogP contribution < -0.4 is 0 Å². The predicted octanol–water partition coefficient (Wildman–Crippen LogP) is 2.03. The molecule has 21 heavy (non-hydrogen) atoms. The van der Waals surface area contributed by atoms with E-state index in [0.29, 0.717) is 19.7 Å². The Morgan fingerprint density at radius 1 is 1.57 bits per heavy atom. The molecular weight excluding hydrogens is 314 g/mol. The van der Waals surface area contributed by atoms with Crippen molar-refractivity contribution in [3.8, 4) is 0 Å². The molecule has 0 aromatic carbocycles. The van der Waals surface area contributed by atoms with Crippen LogP contribution in [0.1, 0.15) is 36.5 Å². The lowest BCUT2D eigenvalue weighted by molar-refractivity contribution is 0.0194. The van der Waals surface area contributed by atoms with Crippen LogP contribution in [0.4, 0.5) is 0 Å². The maximum Gasteiger partial charge on any atom is 0.336 e. The molecule has 1 atom stereocenters. The molecule has 0 aliphatic carbocycles. The van der Waals surface area contributed by atoms with Crippen molar-refractivity contribution in [3.05, 3.63) is 17.0 Å². The van der Waals surface area contributed by atoms with Gasteiger partial charge in [0.25, 0.3) is 10.0 Å². The number of aromatic carboxylic acids is 1. The Morgan fingerprint density at radius 3 is 2.95 bits per heavy atom. The largest absolute Gasteiger partial charge is 0.478 e. The van der Waals surface area contributed by atoms with E-state index in [2.05, 4.69) is 0 Å². The van der Waals surface area contributed by atoms with E-state index in [4.69, 9.17) is 9.84 Å². The van der Waals surface area contributed by atoms with Gasteiger partial charge in [-0.1, -0.05) is 6.92 Å². The third-order valence-corrected chi connectivity index (χ3v) is 6.60. The van der Waals surface area contributed by atoms with Gasteiger partial charge in [-0.05, 0) is 25.3 Å². The highest BCUT2D eigenvalue weighted by atomic mass is 32.2. The van der Waals surface area contributed by atoms with Gasteiger partial charge >= 0.3 is 5.97 Å². The number of thiophene rings is 1. The Hall–Kier alpha value is -0.960. The van der Waals surface area contributed by atoms with Crippen molar-refractivity contribution >= 4 is 27.3 Å². The second kappa shape index (κ2) is 6.87. The van der Waals surface area contributed by atoms with Crippen LogP contribution in [0, 0.1) is 0 Å². The van der Waals surface area contributed by atoms with Gasteiger partial charge in [-0.25, -0.2) is 13.2 Å². The van der Waals surface area contributed by atoms with Crippen molar-refractivity contribution in [2.45, 2.75) is 36.5 Å². The Bertz CT molecular complexity index is 595. The number of ether oxygens (including phenoxy) is 1. The number of carboxylic acids is 1. The molecular formula is C13H19NO5S2. The van der Waals surface area contributed by atoms with Crippen LogP contribution in [0.25, 0.3) is 0 Å². The Labute approximate surface area is 128 Å². The summed E-state index contributed by atoms with van der Waals surface area (Å²) in [6.45, 7) is 3.42. The molecule has 8 heteroatoms. The van der Waals surface area contributed by atoms with E-state index >= 15 is 0 Å². The molecule has 1 fully saturated rings. The minimum atomic E-state index is -3.62. The zero-order valence-corrected chi connectivity index (χ0v) is 13.5. The van der Waals surface area contributed by atoms with E-state index < -0.39 is 16.0 Å². The number of hydrogen-bond donors (Lipinski definition) is 1. The number of piperidine rings is 1. The van der Waals surface area contributed by atoms with Crippen molar-refractivity contribution in [2.75, 3.05) is 19.7 Å². The van der Waals surface area contributed by atoms with Crippen LogP contribution in [-0.4, -0.2) is 49.6 Å². The zero-order chi connectivity index (χ0) is 15.5. The summed E-state index contributed by atoms with van der Waals surface area (Å²) in [5, 5.41) is 10.2. The molecule has 1 saturated heterocycles. The van der Waals surface area contributed by atoms with Crippen LogP contribution in [0.5, 0.6) is 0 Å². The molecule has 0 saturated carbocycles. The van der Waals surface area contributed by atoms with E-state index in [1.807, 2.05) is 6.92 Å². The van der Waals surface area contributed by atoms with Crippen LogP contribution in [0.3, 0.4) is 0 Å². The van der Waals surface area contributed by atoms with Gasteiger partial charge in [0, 0.05) is 25.1 Å². The zero-order valence-electron chi connectivity index (χ0n) is 11.8. The minimum Gasteiger partial charge on any atom is -0.478 e. The van der Waals surface area contributed by atoms with Gasteiger partial charge in [-0.2, -0.15) is 4.31 Å². The first-order valence-electron chi connectivity index (χ1n) is 6.88. The first-order chi connectivity index (χ1) is 9.95. The van der Waals surface area contributed by atoms with Crippen LogP contribution in [0.15, 0.2) is 15.7 Å². The molecule has 0 amide bonds. The van der Waals surface area contributed by atoms with Gasteiger partial charge in [0.1, 0.15) is 4.21 Å². The normalized spacial score (nSPS) is 20.5. The summed E-state index contributed by atoms with van der Waals surface area (Å²) < 4.78 is 32.2. The minimum absolute atomic E-state index is 0.00867. The quantitative estimate of drug-likeness (QED) is 0.861. The topological polar surface area (TPSA) is 83.9 Å². The third kappa shape index (κ3) is 3.82. The number of hydrogen-bond acceptors (Lipinski definition) is 5. The maximum absolute atomic E-state index is 12.5. The maximum atomic E-state index is 12.5. The average molecular weight is 333 g/mol. The Kier molecular flexibility index (Phi) is 5.37. The predicted molar refractivity (Wildman–Crippen MR) is 79.3 cm³/mol. The summed E-state index contributed by atoms with van der Waals surface area (Å²) in [4.78, 5) is 10.9. The third-order valence-electron chi connectivity index (χ3n) is 3.32. The smallest absolute Gasteiger partial charge is 0.336 e. The number of carboxylic acid groups (broad SMARTS) is 1. The fourth-order valence-electron chi connectivity index (χ4n) is 2.24. The van der Waals surface area contributed by atoms with Crippen LogP contribution in [-0.2, 0) is 14.8 Å². The first-order valence-corrected chi connectivity index (χ1v) is 9.20. The number of nitrogens with zero attached hydrogens (tertiary/aromatic N) is 1. The van der Waals surface area contributed by atoms with E-state index in [1.54, 1.807) is 0 Å². The summed E-state index contributed by atoms with van der Waals surface area (Å²) >= 11 is 0.946. The summed E-state index contributed by atoms with van der Waals surface area (Å²) in [7, 11) is -3.62. The summed E-state index contributed by atoms with van der Waals surface area (Å²) in [6.07, 6.45) is 2.44. The molecule has 0 spiro atoms. The molecule has 1 aromatic heterocycles. The van der Waals surface area contributed by atoms with E-state index in [0.717, 1.165) is 30.6 Å². The molecule has 1 unspecified atom stereocenters. The summed E-state index contributed by atoms with van der Waals surface area (Å²) in [5.41, 5.74) is 0.00867. The van der Waals surface area contributed by atoms with Crippen molar-refractivity contribution in [3.63, 3.8) is 0 Å². The van der Waals surface area contributed by atoms with E-state index in [-0.39, 0.29) is 15.9 Å². The second-order valence-corrected chi connectivity index (χ2v) is 8.03. The molecule has 0 radical (unpaired) electrons. The van der Waals surface area contributed by atoms with Crippen molar-refractivity contribution in [1.82, 2.24) is 4.31 Å². The van der Waals surface area contributed by atoms with Crippen molar-refractivity contribution in [2.24, 2.45) is 0 Å². The van der Waals surface area contributed by atoms with Gasteiger partial charge in [0.05, 0.1) is 11.7 Å². The Morgan fingerprint density at radius 2 is 2.33 bits per heavy atom. The summed E-state index contributed by atoms with van der Waals surface area (Å²) in [5.74, 6) is -1.12. The summed E-state index contributed by atoms with van der Waals surface area (Å²) in [6, 6.07) is 1.22. The lowest BCUT2D eigenvalue weighted by atomic mass is 10.1. The molecule has 0 bridgehead atoms. The van der Waals surface area contributed by atoms with Gasteiger partial charge in [0.15, 0.2) is 0 Å². The Balaban J connectivity index is 2.12. The highest BCUT2D eigenvalue weighted by Crippen LogP contribution is 2.27. The molecule has 1 aromatic rings. The van der Waals surface area contributed by atoms with Gasteiger partial charge < -0.3 is 9.84 Å². The highest BCUT2D eigenvalue weighted by molar-refractivity contribution is 7.91. The lowest BCUT2D eigenvalue weighted by Gasteiger charge is -2.31. The highest BCUT2D eigenvalue weighted by Gasteiger charge is 2.32. The van der Waals surface area contributed by atoms with Crippen molar-refractivity contribution < 1.29 is 23.1 Å². The standard InChI is InChI=1S/C13H19NO5S2/c1-2-6-19-11-4-3-5-14(8-11)21(17,18)12-7-10(9-20-12)13(15)16/h7,9,11H,2-6,8H2,1H3,(H,15,16). The SMILES string of the molecule is CCCOC1CCCN(S(=O)(=O)c2cc(C(=O)O)cs2)C1. The van der Waals surface area contributed by atoms with Crippen molar-refractivity contribution in [1.29, 1.82) is 0 Å². The van der Waals surface area contributed by atoms with E-state index in [9.17, 15) is 13.2 Å². The molecule has 6 nitrogen and oxygen atoms in total. The molecule has 1 N–H and O–H groups in total. The fraction of sp³-hybridized carbons (Fsp3) is 0.615. The fourth-order valence-corrected chi connectivity index (χ4v) is 5.05. The average Bonchev–Trinajstić information content (AvgIpc) is 2.96.